The van der Waals surface area contributed by atoms with Crippen molar-refractivity contribution in [3.05, 3.63) is 64.4 Å². The fourth-order valence-corrected chi connectivity index (χ4v) is 3.03. The molecule has 0 radical (unpaired) electrons. The van der Waals surface area contributed by atoms with Crippen LogP contribution in [-0.4, -0.2) is 6.61 Å². The highest BCUT2D eigenvalue weighted by atomic mass is 35.5. The summed E-state index contributed by atoms with van der Waals surface area (Å²) in [5.74, 6) is 0.318. The van der Waals surface area contributed by atoms with Crippen LogP contribution in [0.4, 0.5) is 4.39 Å². The Morgan fingerprint density at radius 2 is 2.05 bits per heavy atom. The van der Waals surface area contributed by atoms with Gasteiger partial charge >= 0.3 is 0 Å². The molecule has 2 aromatic rings. The first-order chi connectivity index (χ1) is 10.2. The molecule has 1 aliphatic rings. The second-order valence-electron chi connectivity index (χ2n) is 5.17. The lowest BCUT2D eigenvalue weighted by molar-refractivity contribution is 0.240. The molecule has 2 aromatic carbocycles. The topological polar surface area (TPSA) is 33.0 Å². The van der Waals surface area contributed by atoms with E-state index in [1.165, 1.54) is 6.07 Å². The SMILES string of the molecule is N#CC1(Cc2c(F)cccc2Cl)CCOc2ccccc21. The van der Waals surface area contributed by atoms with E-state index < -0.39 is 5.41 Å². The molecule has 0 N–H and O–H groups in total. The summed E-state index contributed by atoms with van der Waals surface area (Å²) in [6.07, 6.45) is 0.764. The molecule has 0 aromatic heterocycles. The number of benzene rings is 2. The lowest BCUT2D eigenvalue weighted by Crippen LogP contribution is -2.34. The van der Waals surface area contributed by atoms with Crippen molar-refractivity contribution >= 4 is 11.6 Å². The second-order valence-corrected chi connectivity index (χ2v) is 5.57. The van der Waals surface area contributed by atoms with E-state index in [-0.39, 0.29) is 12.2 Å². The number of ether oxygens (including phenoxy) is 1. The third-order valence-electron chi connectivity index (χ3n) is 3.94. The van der Waals surface area contributed by atoms with Crippen molar-refractivity contribution < 1.29 is 9.13 Å². The Hall–Kier alpha value is -2.05. The Bertz CT molecular complexity index is 705. The molecule has 2 nitrogen and oxygen atoms in total. The zero-order valence-corrected chi connectivity index (χ0v) is 12.0. The van der Waals surface area contributed by atoms with Crippen LogP contribution in [-0.2, 0) is 11.8 Å². The average molecular weight is 302 g/mol. The number of para-hydroxylation sites is 1. The summed E-state index contributed by atoms with van der Waals surface area (Å²) >= 11 is 6.11. The minimum atomic E-state index is -0.805. The molecule has 0 saturated carbocycles. The molecule has 1 unspecified atom stereocenters. The van der Waals surface area contributed by atoms with Gasteiger partial charge in [-0.3, -0.25) is 0 Å². The van der Waals surface area contributed by atoms with Crippen LogP contribution in [0.25, 0.3) is 0 Å². The summed E-state index contributed by atoms with van der Waals surface area (Å²) < 4.78 is 19.7. The molecule has 3 rings (SSSR count). The summed E-state index contributed by atoms with van der Waals surface area (Å²) in [5.41, 5.74) is 0.385. The van der Waals surface area contributed by atoms with E-state index in [1.54, 1.807) is 12.1 Å². The van der Waals surface area contributed by atoms with E-state index in [9.17, 15) is 9.65 Å². The van der Waals surface area contributed by atoms with Gasteiger partial charge in [-0.1, -0.05) is 35.9 Å². The molecular weight excluding hydrogens is 289 g/mol. The standard InChI is InChI=1S/C17H13ClFNO/c18-14-5-3-6-15(19)12(14)10-17(11-20)8-9-21-16-7-2-1-4-13(16)17/h1-7H,8-10H2. The number of halogens is 2. The van der Waals surface area contributed by atoms with Crippen molar-refractivity contribution in [1.29, 1.82) is 5.26 Å². The van der Waals surface area contributed by atoms with Crippen molar-refractivity contribution in [2.45, 2.75) is 18.3 Å². The van der Waals surface area contributed by atoms with Crippen LogP contribution in [0.3, 0.4) is 0 Å². The third kappa shape index (κ3) is 2.36. The number of hydrogen-bond donors (Lipinski definition) is 0. The van der Waals surface area contributed by atoms with Gasteiger partial charge in [0, 0.05) is 22.6 Å². The first-order valence-electron chi connectivity index (χ1n) is 6.73. The van der Waals surface area contributed by atoms with Gasteiger partial charge in [0.1, 0.15) is 11.6 Å². The maximum Gasteiger partial charge on any atom is 0.127 e. The average Bonchev–Trinajstić information content (AvgIpc) is 2.51. The molecule has 21 heavy (non-hydrogen) atoms. The van der Waals surface area contributed by atoms with Crippen LogP contribution >= 0.6 is 11.6 Å². The van der Waals surface area contributed by atoms with Gasteiger partial charge in [0.15, 0.2) is 0 Å². The van der Waals surface area contributed by atoms with Gasteiger partial charge in [-0.2, -0.15) is 5.26 Å². The maximum absolute atomic E-state index is 14.1. The molecule has 0 fully saturated rings. The second kappa shape index (κ2) is 5.38. The van der Waals surface area contributed by atoms with Gasteiger partial charge in [0.25, 0.3) is 0 Å². The molecule has 1 atom stereocenters. The highest BCUT2D eigenvalue weighted by molar-refractivity contribution is 6.31. The van der Waals surface area contributed by atoms with Gasteiger partial charge in [0.05, 0.1) is 18.1 Å². The van der Waals surface area contributed by atoms with Gasteiger partial charge in [0.2, 0.25) is 0 Å². The lowest BCUT2D eigenvalue weighted by atomic mass is 9.73. The van der Waals surface area contributed by atoms with Crippen LogP contribution in [0.5, 0.6) is 5.75 Å². The number of nitriles is 1. The fourth-order valence-electron chi connectivity index (χ4n) is 2.80. The molecule has 106 valence electrons. The van der Waals surface area contributed by atoms with Crippen molar-refractivity contribution in [3.63, 3.8) is 0 Å². The van der Waals surface area contributed by atoms with Crippen molar-refractivity contribution in [2.75, 3.05) is 6.61 Å². The van der Waals surface area contributed by atoms with Crippen molar-refractivity contribution in [3.8, 4) is 11.8 Å². The first kappa shape index (κ1) is 13.9. The summed E-state index contributed by atoms with van der Waals surface area (Å²) in [4.78, 5) is 0. The maximum atomic E-state index is 14.1. The monoisotopic (exact) mass is 301 g/mol. The van der Waals surface area contributed by atoms with E-state index in [0.717, 1.165) is 5.56 Å². The Labute approximate surface area is 127 Å². The Morgan fingerprint density at radius 3 is 2.81 bits per heavy atom. The van der Waals surface area contributed by atoms with Crippen LogP contribution < -0.4 is 4.74 Å². The Kier molecular flexibility index (Phi) is 3.57. The predicted molar refractivity (Wildman–Crippen MR) is 79.0 cm³/mol. The normalized spacial score (nSPS) is 20.2. The van der Waals surface area contributed by atoms with Gasteiger partial charge in [-0.15, -0.1) is 0 Å². The zero-order valence-electron chi connectivity index (χ0n) is 11.3. The Morgan fingerprint density at radius 1 is 1.24 bits per heavy atom. The number of nitrogens with zero attached hydrogens (tertiary/aromatic N) is 1. The van der Waals surface area contributed by atoms with E-state index >= 15 is 0 Å². The van der Waals surface area contributed by atoms with E-state index in [0.29, 0.717) is 29.4 Å². The smallest absolute Gasteiger partial charge is 0.127 e. The minimum absolute atomic E-state index is 0.245. The van der Waals surface area contributed by atoms with Gasteiger partial charge in [-0.05, 0) is 24.6 Å². The third-order valence-corrected chi connectivity index (χ3v) is 4.30. The van der Waals surface area contributed by atoms with Crippen molar-refractivity contribution in [1.82, 2.24) is 0 Å². The van der Waals surface area contributed by atoms with Gasteiger partial charge in [-0.25, -0.2) is 4.39 Å². The summed E-state index contributed by atoms with van der Waals surface area (Å²) in [6, 6.07) is 14.4. The molecule has 0 saturated heterocycles. The first-order valence-corrected chi connectivity index (χ1v) is 7.10. The van der Waals surface area contributed by atoms with Crippen LogP contribution in [0.1, 0.15) is 17.5 Å². The van der Waals surface area contributed by atoms with Crippen molar-refractivity contribution in [2.24, 2.45) is 0 Å². The fraction of sp³-hybridized carbons (Fsp3) is 0.235. The van der Waals surface area contributed by atoms with Crippen LogP contribution in [0.15, 0.2) is 42.5 Å². The molecule has 1 heterocycles. The molecule has 0 spiro atoms. The summed E-state index contributed by atoms with van der Waals surface area (Å²) in [7, 11) is 0. The minimum Gasteiger partial charge on any atom is -0.493 e. The number of hydrogen-bond acceptors (Lipinski definition) is 2. The Balaban J connectivity index is 2.10. The van der Waals surface area contributed by atoms with Crippen LogP contribution in [0.2, 0.25) is 5.02 Å². The number of fused-ring (bicyclic) bond motifs is 1. The summed E-state index contributed by atoms with van der Waals surface area (Å²) in [5, 5.41) is 10.1. The largest absolute Gasteiger partial charge is 0.493 e. The highest BCUT2D eigenvalue weighted by Gasteiger charge is 2.39. The molecular formula is C17H13ClFNO. The van der Waals surface area contributed by atoms with Crippen LogP contribution in [0, 0.1) is 17.1 Å². The molecule has 0 amide bonds. The summed E-state index contributed by atoms with van der Waals surface area (Å²) in [6.45, 7) is 0.441. The lowest BCUT2D eigenvalue weighted by Gasteiger charge is -2.33. The molecule has 4 heteroatoms. The van der Waals surface area contributed by atoms with E-state index in [2.05, 4.69) is 6.07 Å². The molecule has 1 aliphatic heterocycles. The van der Waals surface area contributed by atoms with E-state index in [4.69, 9.17) is 16.3 Å². The zero-order chi connectivity index (χ0) is 14.9. The molecule has 0 aliphatic carbocycles. The quantitative estimate of drug-likeness (QED) is 0.830. The highest BCUT2D eigenvalue weighted by Crippen LogP contribution is 2.42. The molecule has 0 bridgehead atoms. The van der Waals surface area contributed by atoms with E-state index in [1.807, 2.05) is 24.3 Å². The predicted octanol–water partition coefficient (Wildman–Crippen LogP) is 4.27. The van der Waals surface area contributed by atoms with Gasteiger partial charge < -0.3 is 4.74 Å². The number of rotatable bonds is 2.